The average molecular weight is 653 g/mol. The Bertz CT molecular complexity index is 1690. The summed E-state index contributed by atoms with van der Waals surface area (Å²) >= 11 is 3.40. The Morgan fingerprint density at radius 1 is 1.05 bits per heavy atom. The number of sulfone groups is 1. The van der Waals surface area contributed by atoms with Crippen LogP contribution in [0.15, 0.2) is 79.0 Å². The normalized spacial score (nSPS) is 12.9. The average Bonchev–Trinajstić information content (AvgIpc) is 3.49. The van der Waals surface area contributed by atoms with E-state index in [1.54, 1.807) is 35.2 Å². The first kappa shape index (κ1) is 33.4. The molecule has 1 amide bonds. The van der Waals surface area contributed by atoms with Crippen molar-refractivity contribution in [1.29, 1.82) is 0 Å². The van der Waals surface area contributed by atoms with Crippen molar-refractivity contribution in [2.75, 3.05) is 23.5 Å². The van der Waals surface area contributed by atoms with Crippen molar-refractivity contribution < 1.29 is 27.9 Å². The number of aryl methyl sites for hydroxylation is 1. The second kappa shape index (κ2) is 15.5. The first-order valence-electron chi connectivity index (χ1n) is 14.2. The van der Waals surface area contributed by atoms with Gasteiger partial charge >= 0.3 is 5.97 Å². The molecule has 2 unspecified atom stereocenters. The van der Waals surface area contributed by atoms with Crippen molar-refractivity contribution in [3.8, 4) is 21.7 Å². The number of aliphatic carboxylic acids is 1. The van der Waals surface area contributed by atoms with Crippen LogP contribution >= 0.6 is 23.1 Å². The first-order chi connectivity index (χ1) is 21.1. The van der Waals surface area contributed by atoms with Gasteiger partial charge in [-0.1, -0.05) is 67.6 Å². The van der Waals surface area contributed by atoms with E-state index in [-0.39, 0.29) is 18.3 Å². The number of nitrogens with one attached hydrogen (secondary N) is 1. The lowest BCUT2D eigenvalue weighted by Gasteiger charge is -2.19. The Hall–Kier alpha value is -3.51. The Labute approximate surface area is 266 Å². The lowest BCUT2D eigenvalue weighted by molar-refractivity contribution is -0.139. The van der Waals surface area contributed by atoms with Crippen molar-refractivity contribution in [2.45, 2.75) is 39.0 Å². The van der Waals surface area contributed by atoms with E-state index in [1.807, 2.05) is 73.8 Å². The molecule has 1 heterocycles. The van der Waals surface area contributed by atoms with E-state index in [4.69, 9.17) is 4.74 Å². The predicted molar refractivity (Wildman–Crippen MR) is 178 cm³/mol. The summed E-state index contributed by atoms with van der Waals surface area (Å²) in [4.78, 5) is 30.9. The molecule has 0 aliphatic carbocycles. The van der Waals surface area contributed by atoms with Gasteiger partial charge in [0.2, 0.25) is 0 Å². The molecule has 44 heavy (non-hydrogen) atoms. The van der Waals surface area contributed by atoms with Gasteiger partial charge in [0.15, 0.2) is 0 Å². The van der Waals surface area contributed by atoms with Gasteiger partial charge < -0.3 is 15.2 Å². The molecule has 0 bridgehead atoms. The topological polar surface area (TPSA) is 123 Å². The monoisotopic (exact) mass is 652 g/mol. The van der Waals surface area contributed by atoms with Gasteiger partial charge in [-0.05, 0) is 53.5 Å². The SMILES string of the molecule is CCSCC(OCc1ccc(C(=O)NC(CCS(C)(=O)=O)C(=O)O)c(-c2ccccc2C)c1)c1cnc(-c2ccccc2)s1. The molecule has 11 heteroatoms. The molecular formula is C33H36N2O6S3. The summed E-state index contributed by atoms with van der Waals surface area (Å²) in [6.45, 7) is 4.34. The predicted octanol–water partition coefficient (Wildman–Crippen LogP) is 6.41. The smallest absolute Gasteiger partial charge is 0.326 e. The lowest BCUT2D eigenvalue weighted by atomic mass is 9.93. The van der Waals surface area contributed by atoms with E-state index in [2.05, 4.69) is 17.2 Å². The highest BCUT2D eigenvalue weighted by atomic mass is 32.2. The number of rotatable bonds is 15. The third-order valence-electron chi connectivity index (χ3n) is 6.93. The van der Waals surface area contributed by atoms with E-state index in [1.165, 1.54) is 0 Å². The van der Waals surface area contributed by atoms with Crippen LogP contribution in [0.25, 0.3) is 21.7 Å². The molecule has 2 N–H and O–H groups in total. The molecule has 8 nitrogen and oxygen atoms in total. The van der Waals surface area contributed by atoms with Gasteiger partial charge in [0, 0.05) is 29.3 Å². The fourth-order valence-electron chi connectivity index (χ4n) is 4.59. The third kappa shape index (κ3) is 9.25. The Balaban J connectivity index is 1.59. The van der Waals surface area contributed by atoms with Crippen molar-refractivity contribution in [3.05, 3.63) is 101 Å². The van der Waals surface area contributed by atoms with Crippen molar-refractivity contribution in [3.63, 3.8) is 0 Å². The number of carbonyl (C=O) groups excluding carboxylic acids is 1. The summed E-state index contributed by atoms with van der Waals surface area (Å²) in [6, 6.07) is 21.7. The van der Waals surface area contributed by atoms with Crippen LogP contribution in [-0.4, -0.2) is 59.9 Å². The summed E-state index contributed by atoms with van der Waals surface area (Å²) in [5.41, 5.74) is 4.62. The molecule has 0 aliphatic heterocycles. The summed E-state index contributed by atoms with van der Waals surface area (Å²) < 4.78 is 29.7. The largest absolute Gasteiger partial charge is 0.480 e. The van der Waals surface area contributed by atoms with Gasteiger partial charge in [0.25, 0.3) is 5.91 Å². The van der Waals surface area contributed by atoms with Crippen molar-refractivity contribution in [1.82, 2.24) is 10.3 Å². The number of carboxylic acids is 1. The van der Waals surface area contributed by atoms with Gasteiger partial charge in [-0.15, -0.1) is 11.3 Å². The highest BCUT2D eigenvalue weighted by Gasteiger charge is 2.25. The van der Waals surface area contributed by atoms with Crippen LogP contribution in [0.4, 0.5) is 0 Å². The maximum absolute atomic E-state index is 13.4. The van der Waals surface area contributed by atoms with Crippen LogP contribution in [0.3, 0.4) is 0 Å². The van der Waals surface area contributed by atoms with Crippen molar-refractivity contribution in [2.24, 2.45) is 0 Å². The molecule has 4 aromatic rings. The minimum absolute atomic E-state index is 0.175. The second-order valence-corrected chi connectivity index (χ2v) is 15.0. The van der Waals surface area contributed by atoms with E-state index in [0.717, 1.165) is 49.9 Å². The fraction of sp³-hybridized carbons (Fsp3) is 0.303. The van der Waals surface area contributed by atoms with Crippen LogP contribution in [0.1, 0.15) is 45.8 Å². The molecule has 0 spiro atoms. The molecule has 0 saturated heterocycles. The van der Waals surface area contributed by atoms with Crippen LogP contribution < -0.4 is 5.32 Å². The number of hydrogen-bond donors (Lipinski definition) is 2. The first-order valence-corrected chi connectivity index (χ1v) is 18.2. The van der Waals surface area contributed by atoms with Gasteiger partial charge in [0.1, 0.15) is 27.0 Å². The second-order valence-electron chi connectivity index (χ2n) is 10.4. The zero-order valence-corrected chi connectivity index (χ0v) is 27.3. The van der Waals surface area contributed by atoms with Gasteiger partial charge in [-0.3, -0.25) is 4.79 Å². The number of carbonyl (C=O) groups is 2. The minimum atomic E-state index is -3.40. The summed E-state index contributed by atoms with van der Waals surface area (Å²) in [6.07, 6.45) is 2.51. The number of hydrogen-bond acceptors (Lipinski definition) is 8. The van der Waals surface area contributed by atoms with E-state index in [9.17, 15) is 23.1 Å². The quantitative estimate of drug-likeness (QED) is 0.151. The number of thioether (sulfide) groups is 1. The Kier molecular flexibility index (Phi) is 11.7. The molecular weight excluding hydrogens is 617 g/mol. The molecule has 0 radical (unpaired) electrons. The summed E-state index contributed by atoms with van der Waals surface area (Å²) in [5, 5.41) is 13.1. The number of nitrogens with zero attached hydrogens (tertiary/aromatic N) is 1. The highest BCUT2D eigenvalue weighted by molar-refractivity contribution is 7.99. The number of thiazole rings is 1. The number of amides is 1. The van der Waals surface area contributed by atoms with Gasteiger partial charge in [-0.2, -0.15) is 11.8 Å². The molecule has 0 fully saturated rings. The van der Waals surface area contributed by atoms with Crippen LogP contribution in [0, 0.1) is 6.92 Å². The molecule has 3 aromatic carbocycles. The van der Waals surface area contributed by atoms with Gasteiger partial charge in [0.05, 0.1) is 17.2 Å². The molecule has 2 atom stereocenters. The van der Waals surface area contributed by atoms with Crippen molar-refractivity contribution >= 4 is 44.8 Å². The Morgan fingerprint density at radius 2 is 1.77 bits per heavy atom. The number of aromatic nitrogens is 1. The van der Waals surface area contributed by atoms with E-state index >= 15 is 0 Å². The summed E-state index contributed by atoms with van der Waals surface area (Å²) in [5.74, 6) is -0.518. The van der Waals surface area contributed by atoms with E-state index in [0.29, 0.717) is 17.7 Å². The third-order valence-corrected chi connectivity index (χ3v) is 9.99. The number of benzene rings is 3. The lowest BCUT2D eigenvalue weighted by Crippen LogP contribution is -2.42. The van der Waals surface area contributed by atoms with Crippen LogP contribution in [0.5, 0.6) is 0 Å². The Morgan fingerprint density at radius 3 is 2.45 bits per heavy atom. The standard InChI is InChI=1S/C33H36N2O6S3/c1-4-42-21-29(30-19-34-32(43-30)24-11-6-5-7-12-24)41-20-23-14-15-26(27(18-23)25-13-9-8-10-22(25)2)31(36)35-28(33(37)38)16-17-44(3,39)40/h5-15,18-19,28-29H,4,16-17,20-21H2,1-3H3,(H,35,36)(H,37,38). The van der Waals surface area contributed by atoms with Crippen LogP contribution in [0.2, 0.25) is 0 Å². The zero-order valence-electron chi connectivity index (χ0n) is 24.9. The number of carboxylic acid groups (broad SMARTS) is 1. The van der Waals surface area contributed by atoms with E-state index < -0.39 is 27.8 Å². The number of ether oxygens (including phenoxy) is 1. The molecule has 4 rings (SSSR count). The summed E-state index contributed by atoms with van der Waals surface area (Å²) in [7, 11) is -3.40. The fourth-order valence-corrected chi connectivity index (χ4v) is 7.05. The van der Waals surface area contributed by atoms with Gasteiger partial charge in [-0.25, -0.2) is 18.2 Å². The maximum atomic E-state index is 13.4. The zero-order chi connectivity index (χ0) is 31.7. The maximum Gasteiger partial charge on any atom is 0.326 e. The molecule has 1 aromatic heterocycles. The molecule has 0 saturated carbocycles. The molecule has 0 aliphatic rings. The van der Waals surface area contributed by atoms with Crippen LogP contribution in [-0.2, 0) is 26.0 Å². The molecule has 232 valence electrons. The highest BCUT2D eigenvalue weighted by Crippen LogP contribution is 2.34. The minimum Gasteiger partial charge on any atom is -0.480 e.